The number of thiol groups is 2. The van der Waals surface area contributed by atoms with E-state index < -0.39 is 30.3 Å². The van der Waals surface area contributed by atoms with Crippen LogP contribution in [0.25, 0.3) is 0 Å². The number of amides is 2. The molecule has 2 saturated heterocycles. The first-order valence-electron chi connectivity index (χ1n) is 13.0. The Morgan fingerprint density at radius 1 is 0.711 bits per heavy atom. The number of imidazole rings is 2. The van der Waals surface area contributed by atoms with Gasteiger partial charge in [-0.3, -0.25) is 9.59 Å². The molecule has 45 heavy (non-hydrogen) atoms. The standard InChI is InChI=1S/2C11H15N5OS4.Mo.2O/c2*17-9(8-12-4-5-13-8)15(10(18)19)16(11(20)21)14-6-2-1-3-7-14;;;/h2*4-5H,1-3,6-7H2,(H,12,13)(H,18,19)(H,20,21);;;/q;;+2;;/p-2. The van der Waals surface area contributed by atoms with Gasteiger partial charge >= 0.3 is 37.1 Å². The number of hydrazine groups is 4. The van der Waals surface area contributed by atoms with Crippen molar-refractivity contribution in [3.05, 3.63) is 36.4 Å². The third-order valence-corrected chi connectivity index (χ3v) is 7.43. The summed E-state index contributed by atoms with van der Waals surface area (Å²) < 4.78 is 17.4. The molecule has 0 bridgehead atoms. The Morgan fingerprint density at radius 3 is 1.24 bits per heavy atom. The molecule has 2 aromatic heterocycles. The van der Waals surface area contributed by atoms with E-state index in [1.807, 2.05) is 10.0 Å². The fourth-order valence-electron chi connectivity index (χ4n) is 4.26. The van der Waals surface area contributed by atoms with Crippen molar-refractivity contribution in [3.8, 4) is 0 Å². The zero-order valence-electron chi connectivity index (χ0n) is 23.3. The number of piperidine rings is 2. The van der Waals surface area contributed by atoms with E-state index in [-0.39, 0.29) is 28.9 Å². The van der Waals surface area contributed by atoms with Crippen molar-refractivity contribution in [1.82, 2.24) is 50.2 Å². The van der Waals surface area contributed by atoms with Gasteiger partial charge < -0.3 is 59.7 Å². The molecule has 23 heteroatoms. The summed E-state index contributed by atoms with van der Waals surface area (Å²) in [5, 5.41) is 9.11. The molecule has 0 radical (unpaired) electrons. The quantitative estimate of drug-likeness (QED) is 0.118. The predicted octanol–water partition coefficient (Wildman–Crippen LogP) is 2.79. The molecule has 0 atom stereocenters. The van der Waals surface area contributed by atoms with Gasteiger partial charge in [0.25, 0.3) is 0 Å². The van der Waals surface area contributed by atoms with Crippen molar-refractivity contribution in [2.45, 2.75) is 38.5 Å². The number of aromatic amines is 2. The molecule has 2 aliphatic heterocycles. The van der Waals surface area contributed by atoms with Crippen LogP contribution in [0, 0.1) is 0 Å². The second-order valence-corrected chi connectivity index (χ2v) is 13.5. The number of carbonyl (C=O) groups is 2. The van der Waals surface area contributed by atoms with Gasteiger partial charge in [-0.2, -0.15) is 20.3 Å². The molecule has 4 heterocycles. The van der Waals surface area contributed by atoms with Crippen LogP contribution < -0.4 is 0 Å². The topological polar surface area (TPSA) is 145 Å². The van der Waals surface area contributed by atoms with Crippen LogP contribution >= 0.6 is 74.1 Å². The average molecular weight is 849 g/mol. The van der Waals surface area contributed by atoms with Crippen molar-refractivity contribution >= 4 is 128 Å². The van der Waals surface area contributed by atoms with E-state index in [4.69, 9.17) is 80.9 Å². The SMILES string of the molecule is O=C(c1ncc[nH]1)N(C(=S)[S-])N(C(=S)S)N1CCCCC1.O=C(c1ncc[nH]1)N(C(=S)[S-])N(C(=S)S)N1CCCCC1.[O]=[Mo+2]=[O]. The second kappa shape index (κ2) is 20.8. The molecule has 0 unspecified atom stereocenters. The molecule has 2 amide bonds. The number of rotatable bonds is 4. The summed E-state index contributed by atoms with van der Waals surface area (Å²) in [4.78, 5) is 38.5. The van der Waals surface area contributed by atoms with Crippen LogP contribution in [-0.2, 0) is 50.5 Å². The Kier molecular flexibility index (Phi) is 18.4. The van der Waals surface area contributed by atoms with E-state index in [0.717, 1.165) is 74.7 Å². The molecule has 2 N–H and O–H groups in total. The number of thiocarbonyl (C=S) groups is 4. The molecular weight excluding hydrogens is 821 g/mol. The summed E-state index contributed by atoms with van der Waals surface area (Å²) in [5.74, 6) is -0.619. The maximum absolute atomic E-state index is 12.6. The van der Waals surface area contributed by atoms with Crippen LogP contribution in [0.2, 0.25) is 0 Å². The van der Waals surface area contributed by atoms with Gasteiger partial charge in [0, 0.05) is 51.0 Å². The zero-order valence-corrected chi connectivity index (χ0v) is 32.0. The molecule has 0 aliphatic carbocycles. The number of H-pyrrole nitrogens is 2. The van der Waals surface area contributed by atoms with E-state index >= 15 is 0 Å². The third-order valence-electron chi connectivity index (χ3n) is 6.05. The van der Waals surface area contributed by atoms with E-state index in [9.17, 15) is 9.59 Å². The summed E-state index contributed by atoms with van der Waals surface area (Å²) in [7, 11) is 0. The normalized spacial score (nSPS) is 14.6. The number of hydrogen-bond donors (Lipinski definition) is 4. The van der Waals surface area contributed by atoms with Crippen LogP contribution in [0.4, 0.5) is 0 Å². The van der Waals surface area contributed by atoms with Gasteiger partial charge in [-0.25, -0.2) is 20.0 Å². The molecule has 244 valence electrons. The van der Waals surface area contributed by atoms with Crippen molar-refractivity contribution < 1.29 is 34.9 Å². The van der Waals surface area contributed by atoms with Gasteiger partial charge in [0.1, 0.15) is 0 Å². The summed E-state index contributed by atoms with van der Waals surface area (Å²) in [6.07, 6.45) is 12.4. The summed E-state index contributed by atoms with van der Waals surface area (Å²) >= 11 is 36.9. The number of nitrogens with one attached hydrogen (secondary N) is 2. The Labute approximate surface area is 312 Å². The van der Waals surface area contributed by atoms with E-state index in [0.29, 0.717) is 0 Å². The van der Waals surface area contributed by atoms with Crippen molar-refractivity contribution in [2.24, 2.45) is 0 Å². The first-order valence-corrected chi connectivity index (χ1v) is 18.0. The van der Waals surface area contributed by atoms with Gasteiger partial charge in [0.05, 0.1) is 0 Å². The molecule has 2 fully saturated rings. The van der Waals surface area contributed by atoms with Crippen molar-refractivity contribution in [1.29, 1.82) is 0 Å². The van der Waals surface area contributed by atoms with Crippen LogP contribution in [-0.4, -0.2) is 105 Å². The molecular formula is C22H28MoN10O4S8. The summed E-state index contributed by atoms with van der Waals surface area (Å²) in [5.41, 5.74) is 0. The summed E-state index contributed by atoms with van der Waals surface area (Å²) in [6.45, 7) is 3.06. The van der Waals surface area contributed by atoms with Gasteiger partial charge in [0.2, 0.25) is 0 Å². The zero-order chi connectivity index (χ0) is 33.5. The van der Waals surface area contributed by atoms with Crippen LogP contribution in [0.15, 0.2) is 24.8 Å². The number of nitrogens with zero attached hydrogens (tertiary/aromatic N) is 8. The Morgan fingerprint density at radius 2 is 1.02 bits per heavy atom. The number of carbonyl (C=O) groups excluding carboxylic acids is 2. The first-order chi connectivity index (χ1) is 21.5. The van der Waals surface area contributed by atoms with E-state index in [1.165, 1.54) is 22.6 Å². The average Bonchev–Trinajstić information content (AvgIpc) is 3.74. The van der Waals surface area contributed by atoms with Gasteiger partial charge in [-0.15, -0.1) is 25.3 Å². The van der Waals surface area contributed by atoms with Gasteiger partial charge in [-0.1, -0.05) is 12.8 Å². The Bertz CT molecular complexity index is 1260. The summed E-state index contributed by atoms with van der Waals surface area (Å²) in [6, 6.07) is 0. The molecule has 4 rings (SSSR count). The van der Waals surface area contributed by atoms with Crippen LogP contribution in [0.3, 0.4) is 0 Å². The van der Waals surface area contributed by atoms with Crippen molar-refractivity contribution in [2.75, 3.05) is 26.2 Å². The van der Waals surface area contributed by atoms with Crippen LogP contribution in [0.5, 0.6) is 0 Å². The van der Waals surface area contributed by atoms with E-state index in [1.54, 1.807) is 12.4 Å². The Hall–Kier alpha value is -1.33. The van der Waals surface area contributed by atoms with Crippen LogP contribution in [0.1, 0.15) is 59.8 Å². The fraction of sp³-hybridized carbons (Fsp3) is 0.455. The third kappa shape index (κ3) is 12.0. The molecule has 0 aromatic carbocycles. The van der Waals surface area contributed by atoms with Gasteiger partial charge in [0.15, 0.2) is 20.3 Å². The molecule has 0 saturated carbocycles. The monoisotopic (exact) mass is 850 g/mol. The number of aromatic nitrogens is 4. The van der Waals surface area contributed by atoms with E-state index in [2.05, 4.69) is 45.2 Å². The molecule has 2 aromatic rings. The fourth-order valence-corrected chi connectivity index (χ4v) is 5.72. The van der Waals surface area contributed by atoms with Gasteiger partial charge in [-0.05, 0) is 58.8 Å². The molecule has 2 aliphatic rings. The minimum absolute atomic E-state index is 0.0293. The predicted molar refractivity (Wildman–Crippen MR) is 189 cm³/mol. The first kappa shape index (κ1) is 39.8. The number of hydrogen-bond acceptors (Lipinski definition) is 14. The molecule has 14 nitrogen and oxygen atoms in total. The maximum atomic E-state index is 12.6. The Balaban J connectivity index is 0.000000288. The second-order valence-electron chi connectivity index (χ2n) is 8.88. The minimum atomic E-state index is -2.03. The van der Waals surface area contributed by atoms with Crippen molar-refractivity contribution in [3.63, 3.8) is 0 Å². The molecule has 0 spiro atoms.